The van der Waals surface area contributed by atoms with E-state index in [1.165, 1.54) is 44.9 Å². The molecule has 9 nitrogen and oxygen atoms in total. The van der Waals surface area contributed by atoms with Gasteiger partial charge in [-0.05, 0) is 24.3 Å². The topological polar surface area (TPSA) is 100 Å². The molecule has 0 radical (unpaired) electrons. The van der Waals surface area contributed by atoms with E-state index in [1.54, 1.807) is 24.3 Å². The van der Waals surface area contributed by atoms with E-state index >= 15 is 0 Å². The molecule has 0 spiro atoms. The van der Waals surface area contributed by atoms with Crippen molar-refractivity contribution in [3.05, 3.63) is 48.7 Å². The van der Waals surface area contributed by atoms with Crippen molar-refractivity contribution in [2.45, 2.75) is 0 Å². The maximum atomic E-state index is 12.5. The zero-order chi connectivity index (χ0) is 18.5. The summed E-state index contributed by atoms with van der Waals surface area (Å²) >= 11 is 0. The third-order valence-electron chi connectivity index (χ3n) is 3.59. The van der Waals surface area contributed by atoms with Crippen LogP contribution in [0.4, 0.5) is 5.69 Å². The summed E-state index contributed by atoms with van der Waals surface area (Å²) < 4.78 is 17.3. The minimum absolute atomic E-state index is 0.334. The zero-order valence-electron chi connectivity index (χ0n) is 14.5. The lowest BCUT2D eigenvalue weighted by Gasteiger charge is -2.14. The number of carbonyl (C=O) groups is 1. The molecule has 0 saturated heterocycles. The summed E-state index contributed by atoms with van der Waals surface area (Å²) in [6, 6.07) is 6.60. The summed E-state index contributed by atoms with van der Waals surface area (Å²) in [5.74, 6) is 1.48. The molecule has 1 amide bonds. The molecule has 1 N–H and O–H groups in total. The highest BCUT2D eigenvalue weighted by molar-refractivity contribution is 6.05. The van der Waals surface area contributed by atoms with Crippen LogP contribution in [0.25, 0.3) is 5.82 Å². The third kappa shape index (κ3) is 3.41. The summed E-state index contributed by atoms with van der Waals surface area (Å²) in [6.45, 7) is 0. The van der Waals surface area contributed by atoms with Gasteiger partial charge in [0, 0.05) is 5.56 Å². The Balaban J connectivity index is 1.81. The van der Waals surface area contributed by atoms with Gasteiger partial charge in [-0.15, -0.1) is 0 Å². The van der Waals surface area contributed by atoms with Crippen LogP contribution < -0.4 is 19.5 Å². The molecule has 26 heavy (non-hydrogen) atoms. The molecular weight excluding hydrogens is 338 g/mol. The molecule has 0 bridgehead atoms. The Bertz CT molecular complexity index is 869. The molecule has 2 aromatic heterocycles. The maximum Gasteiger partial charge on any atom is 0.255 e. The van der Waals surface area contributed by atoms with Gasteiger partial charge in [0.05, 0.1) is 33.2 Å². The van der Waals surface area contributed by atoms with E-state index in [-0.39, 0.29) is 5.91 Å². The molecule has 3 rings (SSSR count). The van der Waals surface area contributed by atoms with Crippen molar-refractivity contribution in [1.82, 2.24) is 19.7 Å². The highest BCUT2D eigenvalue weighted by Crippen LogP contribution is 2.38. The molecule has 0 unspecified atom stereocenters. The van der Waals surface area contributed by atoms with Gasteiger partial charge >= 0.3 is 0 Å². The minimum Gasteiger partial charge on any atom is -0.493 e. The van der Waals surface area contributed by atoms with Gasteiger partial charge in [-0.2, -0.15) is 5.10 Å². The zero-order valence-corrected chi connectivity index (χ0v) is 14.5. The number of pyridine rings is 1. The summed E-state index contributed by atoms with van der Waals surface area (Å²) in [5, 5.41) is 6.77. The minimum atomic E-state index is -0.334. The Morgan fingerprint density at radius 3 is 2.31 bits per heavy atom. The molecule has 0 atom stereocenters. The van der Waals surface area contributed by atoms with E-state index in [0.717, 1.165) is 0 Å². The van der Waals surface area contributed by atoms with E-state index < -0.39 is 0 Å². The third-order valence-corrected chi connectivity index (χ3v) is 3.59. The second-order valence-electron chi connectivity index (χ2n) is 5.11. The first kappa shape index (κ1) is 17.2. The fourth-order valence-electron chi connectivity index (χ4n) is 2.34. The van der Waals surface area contributed by atoms with Gasteiger partial charge in [-0.25, -0.2) is 14.6 Å². The number of carbonyl (C=O) groups excluding carboxylic acids is 1. The molecule has 0 saturated carbocycles. The molecular formula is C17H17N5O4. The van der Waals surface area contributed by atoms with E-state index in [9.17, 15) is 4.79 Å². The van der Waals surface area contributed by atoms with E-state index in [2.05, 4.69) is 20.4 Å². The number of ether oxygens (including phenoxy) is 3. The van der Waals surface area contributed by atoms with Crippen molar-refractivity contribution in [2.75, 3.05) is 26.6 Å². The number of aromatic nitrogens is 4. The fraction of sp³-hybridized carbons (Fsp3) is 0.176. The van der Waals surface area contributed by atoms with E-state index in [1.807, 2.05) is 0 Å². The lowest BCUT2D eigenvalue weighted by atomic mass is 10.1. The highest BCUT2D eigenvalue weighted by atomic mass is 16.5. The number of benzene rings is 1. The number of methoxy groups -OCH3 is 3. The number of anilines is 1. The maximum absolute atomic E-state index is 12.5. The summed E-state index contributed by atoms with van der Waals surface area (Å²) in [7, 11) is 4.49. The van der Waals surface area contributed by atoms with Crippen LogP contribution in [0.15, 0.2) is 43.1 Å². The Kier molecular flexibility index (Phi) is 4.97. The SMILES string of the molecule is COc1cc(C(=O)Nc2ccc(-n3cncn3)nc2)cc(OC)c1OC. The smallest absolute Gasteiger partial charge is 0.255 e. The lowest BCUT2D eigenvalue weighted by Crippen LogP contribution is -2.13. The quantitative estimate of drug-likeness (QED) is 0.721. The molecule has 134 valence electrons. The van der Waals surface area contributed by atoms with Crippen molar-refractivity contribution in [3.8, 4) is 23.1 Å². The van der Waals surface area contributed by atoms with Crippen LogP contribution >= 0.6 is 0 Å². The van der Waals surface area contributed by atoms with Crippen molar-refractivity contribution in [1.29, 1.82) is 0 Å². The average Bonchev–Trinajstić information content (AvgIpc) is 3.22. The van der Waals surface area contributed by atoms with E-state index in [0.29, 0.717) is 34.3 Å². The van der Waals surface area contributed by atoms with Crippen LogP contribution in [0.3, 0.4) is 0 Å². The van der Waals surface area contributed by atoms with E-state index in [4.69, 9.17) is 14.2 Å². The Labute approximate surface area is 149 Å². The van der Waals surface area contributed by atoms with Crippen LogP contribution in [-0.2, 0) is 0 Å². The molecule has 9 heteroatoms. The first-order valence-corrected chi connectivity index (χ1v) is 7.58. The van der Waals surface area contributed by atoms with Crippen molar-refractivity contribution in [2.24, 2.45) is 0 Å². The van der Waals surface area contributed by atoms with Crippen molar-refractivity contribution in [3.63, 3.8) is 0 Å². The molecule has 2 heterocycles. The molecule has 0 aliphatic heterocycles. The Hall–Kier alpha value is -3.62. The number of hydrogen-bond donors (Lipinski definition) is 1. The highest BCUT2D eigenvalue weighted by Gasteiger charge is 2.17. The van der Waals surface area contributed by atoms with Gasteiger partial charge in [0.1, 0.15) is 12.7 Å². The van der Waals surface area contributed by atoms with Gasteiger partial charge in [0.15, 0.2) is 17.3 Å². The average molecular weight is 355 g/mol. The summed E-state index contributed by atoms with van der Waals surface area (Å²) in [5.41, 5.74) is 0.896. The van der Waals surface area contributed by atoms with Gasteiger partial charge in [-0.3, -0.25) is 4.79 Å². The molecule has 0 aliphatic rings. The summed E-state index contributed by atoms with van der Waals surface area (Å²) in [6.07, 6.45) is 4.49. The summed E-state index contributed by atoms with van der Waals surface area (Å²) in [4.78, 5) is 20.6. The van der Waals surface area contributed by atoms with Crippen LogP contribution in [0.2, 0.25) is 0 Å². The van der Waals surface area contributed by atoms with Gasteiger partial charge in [-0.1, -0.05) is 0 Å². The van der Waals surface area contributed by atoms with Crippen molar-refractivity contribution < 1.29 is 19.0 Å². The Morgan fingerprint density at radius 2 is 1.81 bits per heavy atom. The standard InChI is InChI=1S/C17H17N5O4/c1-24-13-6-11(7-14(25-2)16(13)26-3)17(23)21-12-4-5-15(19-8-12)22-10-18-9-20-22/h4-10H,1-3H3,(H,21,23). The lowest BCUT2D eigenvalue weighted by molar-refractivity contribution is 0.102. The predicted molar refractivity (Wildman–Crippen MR) is 93.2 cm³/mol. The number of hydrogen-bond acceptors (Lipinski definition) is 7. The van der Waals surface area contributed by atoms with Crippen LogP contribution in [-0.4, -0.2) is 47.0 Å². The monoisotopic (exact) mass is 355 g/mol. The largest absolute Gasteiger partial charge is 0.493 e. The normalized spacial score (nSPS) is 10.3. The second kappa shape index (κ2) is 7.51. The number of rotatable bonds is 6. The van der Waals surface area contributed by atoms with Gasteiger partial charge in [0.25, 0.3) is 5.91 Å². The van der Waals surface area contributed by atoms with Gasteiger partial charge < -0.3 is 19.5 Å². The van der Waals surface area contributed by atoms with Crippen LogP contribution in [0.5, 0.6) is 17.2 Å². The van der Waals surface area contributed by atoms with Gasteiger partial charge in [0.2, 0.25) is 5.75 Å². The second-order valence-corrected chi connectivity index (χ2v) is 5.11. The number of amides is 1. The van der Waals surface area contributed by atoms with Crippen molar-refractivity contribution >= 4 is 11.6 Å². The first-order valence-electron chi connectivity index (χ1n) is 7.58. The predicted octanol–water partition coefficient (Wildman–Crippen LogP) is 1.94. The molecule has 0 fully saturated rings. The molecule has 1 aromatic carbocycles. The van der Waals surface area contributed by atoms with Crippen LogP contribution in [0, 0.1) is 0 Å². The number of nitrogens with one attached hydrogen (secondary N) is 1. The molecule has 0 aliphatic carbocycles. The van der Waals surface area contributed by atoms with Crippen LogP contribution in [0.1, 0.15) is 10.4 Å². The molecule has 3 aromatic rings. The fourth-order valence-corrected chi connectivity index (χ4v) is 2.34. The number of nitrogens with zero attached hydrogens (tertiary/aromatic N) is 4. The Morgan fingerprint density at radius 1 is 1.08 bits per heavy atom. The first-order chi connectivity index (χ1) is 12.7.